The van der Waals surface area contributed by atoms with Gasteiger partial charge < -0.3 is 0 Å². The molecule has 3 nitrogen and oxygen atoms in total. The number of hydrogen-bond acceptors (Lipinski definition) is 3. The molecule has 1 aromatic rings. The Morgan fingerprint density at radius 2 is 2.07 bits per heavy atom. The lowest BCUT2D eigenvalue weighted by Gasteiger charge is -2.06. The van der Waals surface area contributed by atoms with E-state index in [2.05, 4.69) is 15.9 Å². The van der Waals surface area contributed by atoms with Gasteiger partial charge in [0.2, 0.25) is 0 Å². The van der Waals surface area contributed by atoms with Gasteiger partial charge in [0.05, 0.1) is 5.75 Å². The molecule has 0 radical (unpaired) electrons. The van der Waals surface area contributed by atoms with Gasteiger partial charge in [-0.05, 0) is 24.1 Å². The number of carbonyl (C=O) groups excluding carboxylic acids is 1. The minimum Gasteiger partial charge on any atom is -0.298 e. The predicted octanol–water partition coefficient (Wildman–Crippen LogP) is 1.68. The minimum atomic E-state index is -2.45. The number of hydrogen-bond donors (Lipinski definition) is 1. The summed E-state index contributed by atoms with van der Waals surface area (Å²) in [4.78, 5) is 10.7. The summed E-state index contributed by atoms with van der Waals surface area (Å²) < 4.78 is 21.8. The van der Waals surface area contributed by atoms with Crippen molar-refractivity contribution < 1.29 is 13.2 Å². The summed E-state index contributed by atoms with van der Waals surface area (Å²) in [7, 11) is -2.45. The van der Waals surface area contributed by atoms with Crippen molar-refractivity contribution in [3.63, 3.8) is 0 Å². The van der Waals surface area contributed by atoms with Crippen LogP contribution in [0.15, 0.2) is 16.6 Å². The van der Waals surface area contributed by atoms with Crippen LogP contribution in [-0.4, -0.2) is 14.7 Å². The third-order valence-electron chi connectivity index (χ3n) is 1.99. The zero-order chi connectivity index (χ0) is 10.7. The van der Waals surface area contributed by atoms with E-state index in [4.69, 9.17) is 0 Å². The smallest absolute Gasteiger partial charge is 0.151 e. The lowest BCUT2D eigenvalue weighted by atomic mass is 10.0. The summed E-state index contributed by atoms with van der Waals surface area (Å²) >= 11 is 3.23. The summed E-state index contributed by atoms with van der Waals surface area (Å²) in [5.74, 6) is -0.0186. The number of halogens is 1. The molecular weight excluding hydrogens is 268 g/mol. The molecule has 0 amide bonds. The van der Waals surface area contributed by atoms with Crippen LogP contribution in [0, 0.1) is 6.92 Å². The molecule has 76 valence electrons. The van der Waals surface area contributed by atoms with Crippen LogP contribution in [0.2, 0.25) is 0 Å². The van der Waals surface area contributed by atoms with E-state index in [0.29, 0.717) is 21.2 Å². The fourth-order valence-electron chi connectivity index (χ4n) is 1.20. The molecule has 0 aliphatic rings. The molecule has 1 aromatic carbocycles. The SMILES string of the molecule is Cc1c(C[SH](=O)=O)ccc(Br)c1C=O. The van der Waals surface area contributed by atoms with Crippen LogP contribution in [0.3, 0.4) is 0 Å². The Bertz CT molecular complexity index is 430. The Morgan fingerprint density at radius 1 is 1.43 bits per heavy atom. The molecule has 0 unspecified atom stereocenters. The minimum absolute atomic E-state index is 0.0186. The standard InChI is InChI=1S/C9H9BrO3S/c1-6-7(5-14(12)13)2-3-9(10)8(6)4-11/h2-4,14H,5H2,1H3. The van der Waals surface area contributed by atoms with Gasteiger partial charge in [-0.25, -0.2) is 8.42 Å². The van der Waals surface area contributed by atoms with Gasteiger partial charge >= 0.3 is 0 Å². The molecule has 5 heteroatoms. The van der Waals surface area contributed by atoms with Gasteiger partial charge in [0, 0.05) is 10.0 Å². The van der Waals surface area contributed by atoms with E-state index in [1.54, 1.807) is 19.1 Å². The van der Waals surface area contributed by atoms with Gasteiger partial charge in [-0.1, -0.05) is 22.0 Å². The lowest BCUT2D eigenvalue weighted by Crippen LogP contribution is -1.96. The molecule has 0 aliphatic carbocycles. The molecule has 0 aromatic heterocycles. The molecule has 0 saturated carbocycles. The summed E-state index contributed by atoms with van der Waals surface area (Å²) in [6.45, 7) is 1.74. The van der Waals surface area contributed by atoms with Crippen molar-refractivity contribution in [1.29, 1.82) is 0 Å². The van der Waals surface area contributed by atoms with Crippen LogP contribution >= 0.6 is 15.9 Å². The normalized spacial score (nSPS) is 10.5. The Morgan fingerprint density at radius 3 is 2.57 bits per heavy atom. The molecule has 0 aliphatic heterocycles. The summed E-state index contributed by atoms with van der Waals surface area (Å²) in [6.07, 6.45) is 0.723. The maximum atomic E-state index is 10.7. The monoisotopic (exact) mass is 276 g/mol. The number of aldehydes is 1. The summed E-state index contributed by atoms with van der Waals surface area (Å²) in [6, 6.07) is 3.39. The Hall–Kier alpha value is -0.680. The van der Waals surface area contributed by atoms with Crippen molar-refractivity contribution in [2.75, 3.05) is 0 Å². The second-order valence-corrected chi connectivity index (χ2v) is 4.69. The Labute approximate surface area is 92.2 Å². The van der Waals surface area contributed by atoms with E-state index in [1.807, 2.05) is 0 Å². The van der Waals surface area contributed by atoms with Gasteiger partial charge in [-0.15, -0.1) is 0 Å². The number of thiol groups is 1. The Kier molecular flexibility index (Phi) is 3.83. The number of carbonyl (C=O) groups is 1. The van der Waals surface area contributed by atoms with Gasteiger partial charge in [0.25, 0.3) is 0 Å². The van der Waals surface area contributed by atoms with E-state index in [0.717, 1.165) is 6.29 Å². The first kappa shape index (κ1) is 11.4. The molecule has 0 saturated heterocycles. The van der Waals surface area contributed by atoms with Crippen molar-refractivity contribution in [2.24, 2.45) is 0 Å². The quantitative estimate of drug-likeness (QED) is 0.675. The third kappa shape index (κ3) is 2.42. The summed E-state index contributed by atoms with van der Waals surface area (Å²) in [5, 5.41) is 0. The van der Waals surface area contributed by atoms with E-state index in [1.165, 1.54) is 0 Å². The molecule has 14 heavy (non-hydrogen) atoms. The van der Waals surface area contributed by atoms with Crippen LogP contribution < -0.4 is 0 Å². The van der Waals surface area contributed by atoms with E-state index in [-0.39, 0.29) is 5.75 Å². The highest BCUT2D eigenvalue weighted by molar-refractivity contribution is 9.10. The van der Waals surface area contributed by atoms with Gasteiger partial charge in [0.15, 0.2) is 6.29 Å². The maximum absolute atomic E-state index is 10.7. The largest absolute Gasteiger partial charge is 0.298 e. The van der Waals surface area contributed by atoms with Crippen LogP contribution in [0.25, 0.3) is 0 Å². The Balaban J connectivity index is 3.27. The van der Waals surface area contributed by atoms with Crippen molar-refractivity contribution in [3.05, 3.63) is 33.3 Å². The number of benzene rings is 1. The summed E-state index contributed by atoms with van der Waals surface area (Å²) in [5.41, 5.74) is 1.90. The fourth-order valence-corrected chi connectivity index (χ4v) is 2.34. The second-order valence-electron chi connectivity index (χ2n) is 2.85. The molecule has 0 bridgehead atoms. The van der Waals surface area contributed by atoms with E-state index in [9.17, 15) is 13.2 Å². The van der Waals surface area contributed by atoms with E-state index >= 15 is 0 Å². The maximum Gasteiger partial charge on any atom is 0.151 e. The highest BCUT2D eigenvalue weighted by Gasteiger charge is 2.07. The van der Waals surface area contributed by atoms with Gasteiger partial charge in [-0.3, -0.25) is 4.79 Å². The lowest BCUT2D eigenvalue weighted by molar-refractivity contribution is 0.112. The van der Waals surface area contributed by atoms with Gasteiger partial charge in [0.1, 0.15) is 10.7 Å². The van der Waals surface area contributed by atoms with Crippen LogP contribution in [0.5, 0.6) is 0 Å². The molecule has 0 spiro atoms. The average Bonchev–Trinajstić information content (AvgIpc) is 2.10. The molecule has 1 rings (SSSR count). The average molecular weight is 277 g/mol. The van der Waals surface area contributed by atoms with Crippen molar-refractivity contribution >= 4 is 32.9 Å². The van der Waals surface area contributed by atoms with E-state index < -0.39 is 10.7 Å². The molecule has 0 atom stereocenters. The van der Waals surface area contributed by atoms with Crippen LogP contribution in [-0.2, 0) is 16.5 Å². The van der Waals surface area contributed by atoms with Crippen molar-refractivity contribution in [3.8, 4) is 0 Å². The molecule has 0 N–H and O–H groups in total. The zero-order valence-electron chi connectivity index (χ0n) is 7.49. The van der Waals surface area contributed by atoms with Gasteiger partial charge in [-0.2, -0.15) is 0 Å². The molecular formula is C9H9BrO3S. The topological polar surface area (TPSA) is 51.2 Å². The first-order valence-electron chi connectivity index (χ1n) is 3.91. The second kappa shape index (κ2) is 4.70. The van der Waals surface area contributed by atoms with Crippen LogP contribution in [0.1, 0.15) is 21.5 Å². The predicted molar refractivity (Wildman–Crippen MR) is 58.3 cm³/mol. The third-order valence-corrected chi connectivity index (χ3v) is 3.28. The molecule has 0 heterocycles. The van der Waals surface area contributed by atoms with Crippen molar-refractivity contribution in [2.45, 2.75) is 12.7 Å². The highest BCUT2D eigenvalue weighted by atomic mass is 79.9. The molecule has 0 fully saturated rings. The fraction of sp³-hybridized carbons (Fsp3) is 0.222. The highest BCUT2D eigenvalue weighted by Crippen LogP contribution is 2.22. The number of rotatable bonds is 3. The first-order valence-corrected chi connectivity index (χ1v) is 6.06. The zero-order valence-corrected chi connectivity index (χ0v) is 9.97. The van der Waals surface area contributed by atoms with Crippen LogP contribution in [0.4, 0.5) is 0 Å². The van der Waals surface area contributed by atoms with Crippen molar-refractivity contribution in [1.82, 2.24) is 0 Å². The first-order chi connectivity index (χ1) is 6.56.